The highest BCUT2D eigenvalue weighted by Gasteiger charge is 2.13. The van der Waals surface area contributed by atoms with E-state index >= 15 is 0 Å². The number of rotatable bonds is 2. The predicted molar refractivity (Wildman–Crippen MR) is 62.2 cm³/mol. The molecule has 1 heterocycles. The molecule has 0 spiro atoms. The van der Waals surface area contributed by atoms with E-state index in [-0.39, 0.29) is 5.82 Å². The Morgan fingerprint density at radius 3 is 2.93 bits per heavy atom. The lowest BCUT2D eigenvalue weighted by Crippen LogP contribution is -1.85. The van der Waals surface area contributed by atoms with Crippen molar-refractivity contribution in [2.45, 2.75) is 5.33 Å². The number of hydrogen-bond donors (Lipinski definition) is 0. The van der Waals surface area contributed by atoms with Gasteiger partial charge in [-0.2, -0.15) is 0 Å². The van der Waals surface area contributed by atoms with Gasteiger partial charge in [-0.05, 0) is 18.2 Å². The maximum atomic E-state index is 13.1. The normalized spacial score (nSPS) is 10.6. The molecule has 0 saturated carbocycles. The molecule has 5 heteroatoms. The molecule has 0 aliphatic heterocycles. The van der Waals surface area contributed by atoms with Crippen LogP contribution in [0.4, 0.5) is 4.39 Å². The summed E-state index contributed by atoms with van der Waals surface area (Å²) in [6, 6.07) is 4.44. The molecule has 15 heavy (non-hydrogen) atoms. The van der Waals surface area contributed by atoms with Gasteiger partial charge in [0.1, 0.15) is 5.82 Å². The van der Waals surface area contributed by atoms with Crippen LogP contribution in [0.2, 0.25) is 0 Å². The lowest BCUT2D eigenvalue weighted by molar-refractivity contribution is 0.569. The molecular weight excluding hydrogens is 329 g/mol. The summed E-state index contributed by atoms with van der Waals surface area (Å²) in [6.45, 7) is 0. The van der Waals surface area contributed by atoms with Crippen LogP contribution in [0, 0.1) is 5.82 Å². The van der Waals surface area contributed by atoms with Crippen molar-refractivity contribution in [2.75, 3.05) is 0 Å². The molecule has 0 saturated heterocycles. The van der Waals surface area contributed by atoms with Gasteiger partial charge in [0, 0.05) is 15.4 Å². The number of alkyl halides is 1. The van der Waals surface area contributed by atoms with Gasteiger partial charge in [0.15, 0.2) is 12.2 Å². The third-order valence-electron chi connectivity index (χ3n) is 1.94. The van der Waals surface area contributed by atoms with Gasteiger partial charge in [0.2, 0.25) is 0 Å². The highest BCUT2D eigenvalue weighted by molar-refractivity contribution is 9.10. The Hall–Kier alpha value is -0.680. The zero-order valence-electron chi connectivity index (χ0n) is 7.51. The Morgan fingerprint density at radius 1 is 1.40 bits per heavy atom. The quantitative estimate of drug-likeness (QED) is 0.771. The second-order valence-corrected chi connectivity index (χ2v) is 4.30. The predicted octanol–water partition coefficient (Wildman–Crippen LogP) is 4.14. The third-order valence-corrected chi connectivity index (χ3v) is 3.16. The average Bonchev–Trinajstić information content (AvgIpc) is 2.69. The summed E-state index contributed by atoms with van der Waals surface area (Å²) in [7, 11) is 0. The molecule has 1 aromatic heterocycles. The number of halogens is 3. The van der Waals surface area contributed by atoms with E-state index in [2.05, 4.69) is 36.8 Å². The fourth-order valence-corrected chi connectivity index (χ4v) is 2.08. The molecule has 2 aromatic rings. The fraction of sp³-hybridized carbons (Fsp3) is 0.100. The molecule has 0 aliphatic rings. The van der Waals surface area contributed by atoms with Crippen molar-refractivity contribution < 1.29 is 8.81 Å². The van der Waals surface area contributed by atoms with Crippen LogP contribution in [-0.4, -0.2) is 4.98 Å². The van der Waals surface area contributed by atoms with E-state index in [0.717, 1.165) is 10.2 Å². The Bertz CT molecular complexity index is 484. The molecule has 0 bridgehead atoms. The maximum absolute atomic E-state index is 13.1. The molecule has 78 valence electrons. The molecule has 0 fully saturated rings. The minimum atomic E-state index is -0.301. The smallest absolute Gasteiger partial charge is 0.181 e. The standard InChI is InChI=1S/C10H6Br2FNO/c11-4-9-10(15-5-14-9)7-3-6(13)1-2-8(7)12/h1-3,5H,4H2. The minimum absolute atomic E-state index is 0.301. The molecule has 2 nitrogen and oxygen atoms in total. The van der Waals surface area contributed by atoms with E-state index in [0.29, 0.717) is 16.7 Å². The summed E-state index contributed by atoms with van der Waals surface area (Å²) in [5, 5.41) is 0.571. The van der Waals surface area contributed by atoms with Gasteiger partial charge in [-0.3, -0.25) is 0 Å². The number of oxazole rings is 1. The number of benzene rings is 1. The van der Waals surface area contributed by atoms with Crippen molar-refractivity contribution in [3.63, 3.8) is 0 Å². The van der Waals surface area contributed by atoms with Crippen molar-refractivity contribution in [3.05, 3.63) is 40.6 Å². The lowest BCUT2D eigenvalue weighted by Gasteiger charge is -2.02. The third kappa shape index (κ3) is 2.13. The molecule has 1 aromatic carbocycles. The average molecular weight is 335 g/mol. The molecule has 0 atom stereocenters. The van der Waals surface area contributed by atoms with E-state index < -0.39 is 0 Å². The van der Waals surface area contributed by atoms with Crippen molar-refractivity contribution in [1.29, 1.82) is 0 Å². The summed E-state index contributed by atoms with van der Waals surface area (Å²) < 4.78 is 19.1. The number of aromatic nitrogens is 1. The second kappa shape index (κ2) is 4.45. The molecule has 0 aliphatic carbocycles. The zero-order valence-corrected chi connectivity index (χ0v) is 10.7. The summed E-state index contributed by atoms with van der Waals surface area (Å²) in [5.74, 6) is 0.281. The topological polar surface area (TPSA) is 26.0 Å². The molecule has 2 rings (SSSR count). The van der Waals surface area contributed by atoms with Crippen LogP contribution in [-0.2, 0) is 5.33 Å². The molecule has 0 unspecified atom stereocenters. The summed E-state index contributed by atoms with van der Waals surface area (Å²) >= 11 is 6.64. The van der Waals surface area contributed by atoms with Crippen LogP contribution in [0.3, 0.4) is 0 Å². The molecule has 0 amide bonds. The number of nitrogens with zero attached hydrogens (tertiary/aromatic N) is 1. The molecule has 0 N–H and O–H groups in total. The van der Waals surface area contributed by atoms with Crippen LogP contribution in [0.25, 0.3) is 11.3 Å². The Kier molecular flexibility index (Phi) is 3.21. The SMILES string of the molecule is Fc1ccc(Br)c(-c2ocnc2CBr)c1. The van der Waals surface area contributed by atoms with Gasteiger partial charge < -0.3 is 4.42 Å². The van der Waals surface area contributed by atoms with Gasteiger partial charge in [-0.15, -0.1) is 0 Å². The Labute approximate surface area is 103 Å². The van der Waals surface area contributed by atoms with Crippen molar-refractivity contribution >= 4 is 31.9 Å². The summed E-state index contributed by atoms with van der Waals surface area (Å²) in [5.41, 5.74) is 1.42. The first-order valence-corrected chi connectivity index (χ1v) is 6.07. The zero-order chi connectivity index (χ0) is 10.8. The van der Waals surface area contributed by atoms with E-state index in [4.69, 9.17) is 4.42 Å². The van der Waals surface area contributed by atoms with E-state index in [1.165, 1.54) is 18.5 Å². The lowest BCUT2D eigenvalue weighted by atomic mass is 10.1. The second-order valence-electron chi connectivity index (χ2n) is 2.89. The van der Waals surface area contributed by atoms with E-state index in [9.17, 15) is 4.39 Å². The van der Waals surface area contributed by atoms with E-state index in [1.54, 1.807) is 6.07 Å². The van der Waals surface area contributed by atoms with Crippen LogP contribution in [0.1, 0.15) is 5.69 Å². The van der Waals surface area contributed by atoms with Crippen LogP contribution < -0.4 is 0 Å². The fourth-order valence-electron chi connectivity index (χ4n) is 1.25. The molecule has 0 radical (unpaired) electrons. The Balaban J connectivity index is 2.58. The largest absolute Gasteiger partial charge is 0.443 e. The highest BCUT2D eigenvalue weighted by atomic mass is 79.9. The van der Waals surface area contributed by atoms with Gasteiger partial charge in [-0.1, -0.05) is 31.9 Å². The van der Waals surface area contributed by atoms with Gasteiger partial charge in [0.25, 0.3) is 0 Å². The van der Waals surface area contributed by atoms with Crippen LogP contribution >= 0.6 is 31.9 Å². The van der Waals surface area contributed by atoms with Crippen LogP contribution in [0.5, 0.6) is 0 Å². The first-order chi connectivity index (χ1) is 7.22. The van der Waals surface area contributed by atoms with Gasteiger partial charge in [-0.25, -0.2) is 9.37 Å². The molecular formula is C10H6Br2FNO. The maximum Gasteiger partial charge on any atom is 0.181 e. The first kappa shape index (κ1) is 10.8. The van der Waals surface area contributed by atoms with Crippen molar-refractivity contribution in [1.82, 2.24) is 4.98 Å². The van der Waals surface area contributed by atoms with Gasteiger partial charge in [0.05, 0.1) is 5.69 Å². The van der Waals surface area contributed by atoms with Crippen molar-refractivity contribution in [2.24, 2.45) is 0 Å². The van der Waals surface area contributed by atoms with Gasteiger partial charge >= 0.3 is 0 Å². The summed E-state index contributed by atoms with van der Waals surface area (Å²) in [6.07, 6.45) is 1.35. The van der Waals surface area contributed by atoms with Crippen LogP contribution in [0.15, 0.2) is 33.5 Å². The highest BCUT2D eigenvalue weighted by Crippen LogP contribution is 2.31. The minimum Gasteiger partial charge on any atom is -0.443 e. The van der Waals surface area contributed by atoms with E-state index in [1.807, 2.05) is 0 Å². The van der Waals surface area contributed by atoms with Crippen molar-refractivity contribution in [3.8, 4) is 11.3 Å². The number of hydrogen-bond acceptors (Lipinski definition) is 2. The monoisotopic (exact) mass is 333 g/mol. The first-order valence-electron chi connectivity index (χ1n) is 4.16. The summed E-state index contributed by atoms with van der Waals surface area (Å²) in [4.78, 5) is 4.03. The Morgan fingerprint density at radius 2 is 2.20 bits per heavy atom.